The molecular weight excluding hydrogens is 235 g/mol. The van der Waals surface area contributed by atoms with Crippen LogP contribution < -0.4 is 0 Å². The number of benzene rings is 1. The first-order chi connectivity index (χ1) is 7.59. The summed E-state index contributed by atoms with van der Waals surface area (Å²) >= 11 is 5.68. The molecule has 0 amide bonds. The lowest BCUT2D eigenvalue weighted by Gasteiger charge is -2.03. The van der Waals surface area contributed by atoms with Gasteiger partial charge in [0.05, 0.1) is 16.9 Å². The van der Waals surface area contributed by atoms with E-state index in [2.05, 4.69) is 5.10 Å². The maximum absolute atomic E-state index is 12.7. The molecule has 1 aromatic carbocycles. The van der Waals surface area contributed by atoms with Crippen molar-refractivity contribution in [2.75, 3.05) is 0 Å². The van der Waals surface area contributed by atoms with Crippen molar-refractivity contribution in [1.29, 1.82) is 0 Å². The van der Waals surface area contributed by atoms with Crippen LogP contribution in [0.4, 0.5) is 4.39 Å². The number of halogens is 2. The molecule has 0 saturated carbocycles. The lowest BCUT2D eigenvalue weighted by molar-refractivity contribution is 0.0687. The Morgan fingerprint density at radius 1 is 1.38 bits per heavy atom. The van der Waals surface area contributed by atoms with Gasteiger partial charge in [0.15, 0.2) is 5.69 Å². The van der Waals surface area contributed by atoms with Crippen molar-refractivity contribution in [2.45, 2.75) is 0 Å². The topological polar surface area (TPSA) is 55.1 Å². The Morgan fingerprint density at radius 3 is 2.56 bits per heavy atom. The van der Waals surface area contributed by atoms with Crippen LogP contribution in [0.1, 0.15) is 10.5 Å². The van der Waals surface area contributed by atoms with E-state index < -0.39 is 11.8 Å². The third kappa shape index (κ3) is 1.77. The minimum absolute atomic E-state index is 0.0387. The monoisotopic (exact) mass is 240 g/mol. The number of nitrogens with zero attached hydrogens (tertiary/aromatic N) is 2. The molecule has 0 atom stereocenters. The van der Waals surface area contributed by atoms with E-state index in [1.807, 2.05) is 0 Å². The third-order valence-electron chi connectivity index (χ3n) is 2.00. The smallest absolute Gasteiger partial charge is 0.356 e. The summed E-state index contributed by atoms with van der Waals surface area (Å²) in [5.41, 5.74) is 0.291. The largest absolute Gasteiger partial charge is 0.476 e. The molecule has 1 N–H and O–H groups in total. The first-order valence-electron chi connectivity index (χ1n) is 4.32. The zero-order valence-corrected chi connectivity index (χ0v) is 8.65. The SMILES string of the molecule is O=C(O)c1c(Cl)cnn1-c1ccc(F)cc1. The molecule has 4 nitrogen and oxygen atoms in total. The van der Waals surface area contributed by atoms with Gasteiger partial charge in [-0.15, -0.1) is 0 Å². The molecule has 2 aromatic rings. The first kappa shape index (κ1) is 10.6. The number of aromatic nitrogens is 2. The highest BCUT2D eigenvalue weighted by Crippen LogP contribution is 2.19. The van der Waals surface area contributed by atoms with E-state index in [4.69, 9.17) is 16.7 Å². The van der Waals surface area contributed by atoms with Crippen molar-refractivity contribution >= 4 is 17.6 Å². The second-order valence-corrected chi connectivity index (χ2v) is 3.44. The van der Waals surface area contributed by atoms with Crippen molar-refractivity contribution in [2.24, 2.45) is 0 Å². The van der Waals surface area contributed by atoms with Crippen LogP contribution in [-0.2, 0) is 0 Å². The summed E-state index contributed by atoms with van der Waals surface area (Å²) < 4.78 is 13.8. The van der Waals surface area contributed by atoms with Crippen LogP contribution in [0.25, 0.3) is 5.69 Å². The molecule has 0 spiro atoms. The molecule has 1 heterocycles. The molecule has 0 aliphatic heterocycles. The van der Waals surface area contributed by atoms with E-state index in [-0.39, 0.29) is 10.7 Å². The summed E-state index contributed by atoms with van der Waals surface area (Å²) in [6.07, 6.45) is 1.23. The molecule has 16 heavy (non-hydrogen) atoms. The second kappa shape index (κ2) is 3.94. The summed E-state index contributed by atoms with van der Waals surface area (Å²) in [7, 11) is 0. The number of hydrogen-bond acceptors (Lipinski definition) is 2. The lowest BCUT2D eigenvalue weighted by atomic mass is 10.3. The predicted molar refractivity (Wildman–Crippen MR) is 55.5 cm³/mol. The molecule has 0 aliphatic carbocycles. The lowest BCUT2D eigenvalue weighted by Crippen LogP contribution is -2.08. The molecule has 0 radical (unpaired) electrons. The Balaban J connectivity index is 2.56. The number of carboxylic acid groups (broad SMARTS) is 1. The minimum atomic E-state index is -1.19. The molecule has 0 saturated heterocycles. The van der Waals surface area contributed by atoms with Crippen LogP contribution in [0.5, 0.6) is 0 Å². The van der Waals surface area contributed by atoms with E-state index in [9.17, 15) is 9.18 Å². The molecule has 0 bridgehead atoms. The number of aromatic carboxylic acids is 1. The normalized spacial score (nSPS) is 10.4. The Labute approximate surface area is 94.9 Å². The number of carboxylic acids is 1. The maximum atomic E-state index is 12.7. The van der Waals surface area contributed by atoms with Gasteiger partial charge in [-0.3, -0.25) is 0 Å². The zero-order valence-electron chi connectivity index (χ0n) is 7.89. The van der Waals surface area contributed by atoms with Gasteiger partial charge in [0.1, 0.15) is 5.82 Å². The van der Waals surface area contributed by atoms with Gasteiger partial charge in [0.25, 0.3) is 0 Å². The Kier molecular flexibility index (Phi) is 2.62. The minimum Gasteiger partial charge on any atom is -0.476 e. The van der Waals surface area contributed by atoms with E-state index in [1.165, 1.54) is 30.5 Å². The third-order valence-corrected chi connectivity index (χ3v) is 2.27. The first-order valence-corrected chi connectivity index (χ1v) is 4.70. The zero-order chi connectivity index (χ0) is 11.7. The molecule has 0 unspecified atom stereocenters. The molecule has 2 rings (SSSR count). The summed E-state index contributed by atoms with van der Waals surface area (Å²) in [6, 6.07) is 5.28. The summed E-state index contributed by atoms with van der Waals surface area (Å²) in [5.74, 6) is -1.59. The van der Waals surface area contributed by atoms with Gasteiger partial charge in [-0.05, 0) is 24.3 Å². The summed E-state index contributed by atoms with van der Waals surface area (Å²) in [4.78, 5) is 10.9. The standard InChI is InChI=1S/C10H6ClFN2O2/c11-8-5-13-14(9(8)10(15)16)7-3-1-6(12)2-4-7/h1-5H,(H,15,16). The highest BCUT2D eigenvalue weighted by atomic mass is 35.5. The molecule has 0 aliphatic rings. The van der Waals surface area contributed by atoms with Gasteiger partial charge < -0.3 is 5.11 Å². The Morgan fingerprint density at radius 2 is 2.00 bits per heavy atom. The Bertz CT molecular complexity index is 536. The van der Waals surface area contributed by atoms with E-state index in [1.54, 1.807) is 0 Å². The summed E-state index contributed by atoms with van der Waals surface area (Å²) in [5, 5.41) is 12.8. The fourth-order valence-corrected chi connectivity index (χ4v) is 1.50. The van der Waals surface area contributed by atoms with Crippen LogP contribution in [-0.4, -0.2) is 20.9 Å². The second-order valence-electron chi connectivity index (χ2n) is 3.03. The van der Waals surface area contributed by atoms with Crippen molar-refractivity contribution in [3.8, 4) is 5.69 Å². The predicted octanol–water partition coefficient (Wildman–Crippen LogP) is 2.36. The number of rotatable bonds is 2. The van der Waals surface area contributed by atoms with Crippen LogP contribution >= 0.6 is 11.6 Å². The van der Waals surface area contributed by atoms with E-state index in [0.29, 0.717) is 5.69 Å². The van der Waals surface area contributed by atoms with E-state index >= 15 is 0 Å². The van der Waals surface area contributed by atoms with Crippen molar-refractivity contribution in [3.63, 3.8) is 0 Å². The van der Waals surface area contributed by atoms with Crippen molar-refractivity contribution in [3.05, 3.63) is 47.0 Å². The van der Waals surface area contributed by atoms with Gasteiger partial charge >= 0.3 is 5.97 Å². The van der Waals surface area contributed by atoms with E-state index in [0.717, 1.165) is 4.68 Å². The number of carbonyl (C=O) groups is 1. The van der Waals surface area contributed by atoms with Crippen molar-refractivity contribution < 1.29 is 14.3 Å². The average Bonchev–Trinajstić information content (AvgIpc) is 2.61. The number of hydrogen-bond donors (Lipinski definition) is 1. The van der Waals surface area contributed by atoms with Crippen LogP contribution in [0.15, 0.2) is 30.5 Å². The summed E-state index contributed by atoms with van der Waals surface area (Å²) in [6.45, 7) is 0. The molecular formula is C10H6ClFN2O2. The molecule has 82 valence electrons. The average molecular weight is 241 g/mol. The van der Waals surface area contributed by atoms with Crippen molar-refractivity contribution in [1.82, 2.24) is 9.78 Å². The van der Waals surface area contributed by atoms with Crippen LogP contribution in [0.2, 0.25) is 5.02 Å². The van der Waals surface area contributed by atoms with Gasteiger partial charge in [-0.25, -0.2) is 13.9 Å². The fraction of sp³-hybridized carbons (Fsp3) is 0. The van der Waals surface area contributed by atoms with Crippen LogP contribution in [0, 0.1) is 5.82 Å². The fourth-order valence-electron chi connectivity index (χ4n) is 1.30. The van der Waals surface area contributed by atoms with Gasteiger partial charge in [-0.2, -0.15) is 5.10 Å². The Hall–Kier alpha value is -1.88. The highest BCUT2D eigenvalue weighted by molar-refractivity contribution is 6.33. The van der Waals surface area contributed by atoms with Crippen LogP contribution in [0.3, 0.4) is 0 Å². The molecule has 0 fully saturated rings. The van der Waals surface area contributed by atoms with Gasteiger partial charge in [0.2, 0.25) is 0 Å². The highest BCUT2D eigenvalue weighted by Gasteiger charge is 2.17. The molecule has 1 aromatic heterocycles. The van der Waals surface area contributed by atoms with Gasteiger partial charge in [0, 0.05) is 0 Å². The quantitative estimate of drug-likeness (QED) is 0.877. The van der Waals surface area contributed by atoms with Gasteiger partial charge in [-0.1, -0.05) is 11.6 Å². The molecule has 6 heteroatoms. The maximum Gasteiger partial charge on any atom is 0.356 e.